The van der Waals surface area contributed by atoms with Gasteiger partial charge in [-0.15, -0.1) is 5.10 Å². The number of esters is 1. The number of amides is 1. The zero-order chi connectivity index (χ0) is 23.3. The number of carbonyl (C=O) groups is 2. The number of piperidine rings is 1. The monoisotopic (exact) mass is 464 g/mol. The van der Waals surface area contributed by atoms with Crippen molar-refractivity contribution in [2.75, 3.05) is 26.2 Å². The third-order valence-corrected chi connectivity index (χ3v) is 7.65. The van der Waals surface area contributed by atoms with Gasteiger partial charge in [0.15, 0.2) is 5.82 Å². The van der Waals surface area contributed by atoms with Crippen molar-refractivity contribution in [1.29, 1.82) is 0 Å². The van der Waals surface area contributed by atoms with E-state index >= 15 is 0 Å². The maximum atomic E-state index is 13.4. The maximum Gasteiger partial charge on any atom is 0.333 e. The van der Waals surface area contributed by atoms with Gasteiger partial charge in [0.1, 0.15) is 12.9 Å². The minimum atomic E-state index is -0.356. The highest BCUT2D eigenvalue weighted by atomic mass is 16.5. The number of hydrogen-bond donors (Lipinski definition) is 0. The van der Waals surface area contributed by atoms with Gasteiger partial charge in [-0.2, -0.15) is 4.68 Å². The number of tetrazole rings is 1. The molecule has 1 aliphatic carbocycles. The molecule has 6 rings (SSSR count). The molecule has 11 nitrogen and oxygen atoms in total. The summed E-state index contributed by atoms with van der Waals surface area (Å²) in [5.74, 6) is 0.932. The summed E-state index contributed by atoms with van der Waals surface area (Å²) in [5.41, 5.74) is 2.50. The molecule has 34 heavy (non-hydrogen) atoms. The predicted molar refractivity (Wildman–Crippen MR) is 118 cm³/mol. The van der Waals surface area contributed by atoms with E-state index in [0.717, 1.165) is 69.5 Å². The summed E-state index contributed by atoms with van der Waals surface area (Å²) in [6.07, 6.45) is 10.4. The number of cyclic esters (lactones) is 1. The van der Waals surface area contributed by atoms with Gasteiger partial charge in [-0.25, -0.2) is 9.78 Å². The Labute approximate surface area is 197 Å². The third-order valence-electron chi connectivity index (χ3n) is 7.65. The van der Waals surface area contributed by atoms with Crippen LogP contribution in [0.4, 0.5) is 0 Å². The van der Waals surface area contributed by atoms with Gasteiger partial charge in [0.05, 0.1) is 28.7 Å². The Balaban J connectivity index is 1.09. The molecule has 11 heteroatoms. The molecule has 4 aliphatic rings. The Kier molecular flexibility index (Phi) is 5.16. The van der Waals surface area contributed by atoms with Gasteiger partial charge in [0, 0.05) is 31.0 Å². The fourth-order valence-electron chi connectivity index (χ4n) is 5.68. The predicted octanol–water partition coefficient (Wildman–Crippen LogP) is 1.02. The number of hydrogen-bond acceptors (Lipinski definition) is 9. The molecule has 2 aromatic rings. The normalized spacial score (nSPS) is 24.7. The lowest BCUT2D eigenvalue weighted by atomic mass is 9.76. The van der Waals surface area contributed by atoms with Crippen molar-refractivity contribution in [2.24, 2.45) is 5.41 Å². The smallest absolute Gasteiger partial charge is 0.333 e. The van der Waals surface area contributed by atoms with E-state index in [-0.39, 0.29) is 29.9 Å². The van der Waals surface area contributed by atoms with E-state index in [2.05, 4.69) is 27.3 Å². The Morgan fingerprint density at radius 2 is 2.03 bits per heavy atom. The number of rotatable bonds is 6. The first-order valence-corrected chi connectivity index (χ1v) is 12.0. The summed E-state index contributed by atoms with van der Waals surface area (Å²) in [7, 11) is 0. The molecule has 2 aromatic heterocycles. The molecular weight excluding hydrogens is 436 g/mol. The van der Waals surface area contributed by atoms with Crippen molar-refractivity contribution >= 4 is 11.9 Å². The summed E-state index contributed by atoms with van der Waals surface area (Å²) in [6.45, 7) is 4.94. The molecule has 0 bridgehead atoms. The van der Waals surface area contributed by atoms with Crippen LogP contribution in [0.15, 0.2) is 24.3 Å². The average molecular weight is 465 g/mol. The zero-order valence-electron chi connectivity index (χ0n) is 19.3. The number of likely N-dealkylation sites (tertiary alicyclic amines) is 2. The number of ether oxygens (including phenoxy) is 1. The molecule has 1 spiro atoms. The Hall–Kier alpha value is -3.21. The maximum absolute atomic E-state index is 13.4. The standard InChI is InChI=1S/C23H28N8O3/c1-15-11-23(22(33)31(15)17-10-20(32)34-13-17)5-8-29(9-6-23)7-4-18-21(16-2-3-16)26-19(12-24-18)30-14-25-27-28-30/h10,12,14-16H,2-9,11,13H2,1H3/t15-/m0/s1. The van der Waals surface area contributed by atoms with Crippen LogP contribution in [0.25, 0.3) is 5.82 Å². The lowest BCUT2D eigenvalue weighted by molar-refractivity contribution is -0.138. The second-order valence-corrected chi connectivity index (χ2v) is 9.93. The van der Waals surface area contributed by atoms with Crippen molar-refractivity contribution in [3.8, 4) is 5.82 Å². The molecule has 0 aromatic carbocycles. The van der Waals surface area contributed by atoms with E-state index in [1.165, 1.54) is 12.4 Å². The van der Waals surface area contributed by atoms with Crippen molar-refractivity contribution < 1.29 is 14.3 Å². The van der Waals surface area contributed by atoms with Crippen LogP contribution >= 0.6 is 0 Å². The van der Waals surface area contributed by atoms with Crippen LogP contribution in [0.2, 0.25) is 0 Å². The van der Waals surface area contributed by atoms with E-state index in [4.69, 9.17) is 14.7 Å². The van der Waals surface area contributed by atoms with Crippen LogP contribution in [0.1, 0.15) is 56.3 Å². The summed E-state index contributed by atoms with van der Waals surface area (Å²) in [6, 6.07) is 0.0925. The lowest BCUT2D eigenvalue weighted by Crippen LogP contribution is -2.45. The van der Waals surface area contributed by atoms with Crippen molar-refractivity contribution in [2.45, 2.75) is 57.4 Å². The van der Waals surface area contributed by atoms with Crippen LogP contribution in [-0.4, -0.2) is 84.1 Å². The lowest BCUT2D eigenvalue weighted by Gasteiger charge is -2.38. The van der Waals surface area contributed by atoms with E-state index in [1.807, 2.05) is 4.90 Å². The zero-order valence-corrected chi connectivity index (χ0v) is 19.3. The first-order valence-electron chi connectivity index (χ1n) is 12.0. The highest BCUT2D eigenvalue weighted by Gasteiger charge is 2.52. The van der Waals surface area contributed by atoms with E-state index in [0.29, 0.717) is 17.4 Å². The quantitative estimate of drug-likeness (QED) is 0.577. The summed E-state index contributed by atoms with van der Waals surface area (Å²) in [5, 5.41) is 11.3. The van der Waals surface area contributed by atoms with Gasteiger partial charge < -0.3 is 14.5 Å². The van der Waals surface area contributed by atoms with E-state index in [9.17, 15) is 9.59 Å². The number of nitrogens with zero attached hydrogens (tertiary/aromatic N) is 8. The largest absolute Gasteiger partial charge is 0.456 e. The van der Waals surface area contributed by atoms with Gasteiger partial charge in [-0.1, -0.05) is 0 Å². The minimum Gasteiger partial charge on any atom is -0.456 e. The fraction of sp³-hybridized carbons (Fsp3) is 0.609. The molecule has 0 radical (unpaired) electrons. The Morgan fingerprint density at radius 3 is 2.71 bits per heavy atom. The molecule has 5 heterocycles. The molecule has 0 N–H and O–H groups in total. The second kappa shape index (κ2) is 8.23. The van der Waals surface area contributed by atoms with Gasteiger partial charge >= 0.3 is 5.97 Å². The van der Waals surface area contributed by atoms with Crippen LogP contribution in [-0.2, 0) is 20.7 Å². The van der Waals surface area contributed by atoms with Crippen molar-refractivity contribution in [3.05, 3.63) is 35.7 Å². The minimum absolute atomic E-state index is 0.0925. The first-order chi connectivity index (χ1) is 16.5. The van der Waals surface area contributed by atoms with E-state index in [1.54, 1.807) is 10.9 Å². The summed E-state index contributed by atoms with van der Waals surface area (Å²) >= 11 is 0. The molecule has 1 saturated carbocycles. The van der Waals surface area contributed by atoms with Crippen LogP contribution in [0.5, 0.6) is 0 Å². The fourth-order valence-corrected chi connectivity index (χ4v) is 5.68. The molecular formula is C23H28N8O3. The molecule has 1 atom stereocenters. The third kappa shape index (κ3) is 3.77. The molecule has 3 fully saturated rings. The van der Waals surface area contributed by atoms with Crippen molar-refractivity contribution in [1.82, 2.24) is 40.0 Å². The molecule has 3 aliphatic heterocycles. The molecule has 1 amide bonds. The number of aromatic nitrogens is 6. The van der Waals surface area contributed by atoms with Gasteiger partial charge in [0.25, 0.3) is 0 Å². The average Bonchev–Trinajstić information content (AvgIpc) is 3.25. The Morgan fingerprint density at radius 1 is 1.21 bits per heavy atom. The van der Waals surface area contributed by atoms with Gasteiger partial charge in [-0.3, -0.25) is 9.78 Å². The molecule has 0 unspecified atom stereocenters. The van der Waals surface area contributed by atoms with Crippen LogP contribution in [0.3, 0.4) is 0 Å². The summed E-state index contributed by atoms with van der Waals surface area (Å²) < 4.78 is 6.59. The Bertz CT molecular complexity index is 1140. The molecule has 178 valence electrons. The van der Waals surface area contributed by atoms with Gasteiger partial charge in [0.2, 0.25) is 5.91 Å². The highest BCUT2D eigenvalue weighted by molar-refractivity contribution is 5.91. The molecule has 2 saturated heterocycles. The van der Waals surface area contributed by atoms with Crippen LogP contribution < -0.4 is 0 Å². The summed E-state index contributed by atoms with van der Waals surface area (Å²) in [4.78, 5) is 38.7. The second-order valence-electron chi connectivity index (χ2n) is 9.93. The van der Waals surface area contributed by atoms with E-state index < -0.39 is 0 Å². The topological polar surface area (TPSA) is 119 Å². The first kappa shape index (κ1) is 21.3. The van der Waals surface area contributed by atoms with Crippen molar-refractivity contribution in [3.63, 3.8) is 0 Å². The SMILES string of the molecule is C[C@H]1CC2(CCN(CCc3ncc(-n4cnnn4)nc3C3CC3)CC2)C(=O)N1C1=CC(=O)OC1. The highest BCUT2D eigenvalue weighted by Crippen LogP contribution is 2.46. The van der Waals surface area contributed by atoms with Crippen LogP contribution in [0, 0.1) is 5.41 Å². The van der Waals surface area contributed by atoms with Gasteiger partial charge in [-0.05, 0) is 62.5 Å². The number of carbonyl (C=O) groups excluding carboxylic acids is 2.